The molecule has 0 bridgehead atoms. The fraction of sp³-hybridized carbons (Fsp3) is 0.467. The Morgan fingerprint density at radius 1 is 1.33 bits per heavy atom. The van der Waals surface area contributed by atoms with Crippen molar-refractivity contribution in [2.45, 2.75) is 26.3 Å². The molecule has 1 aromatic carbocycles. The molecule has 21 heavy (non-hydrogen) atoms. The Morgan fingerprint density at radius 3 is 2.57 bits per heavy atom. The summed E-state index contributed by atoms with van der Waals surface area (Å²) in [6.45, 7) is 3.79. The van der Waals surface area contributed by atoms with Gasteiger partial charge in [-0.05, 0) is 32.0 Å². The molecule has 0 aromatic heterocycles. The van der Waals surface area contributed by atoms with Gasteiger partial charge in [0.25, 0.3) is 0 Å². The summed E-state index contributed by atoms with van der Waals surface area (Å²) >= 11 is 0. The minimum absolute atomic E-state index is 0.0407. The van der Waals surface area contributed by atoms with Crippen molar-refractivity contribution < 1.29 is 14.3 Å². The van der Waals surface area contributed by atoms with Crippen molar-refractivity contribution in [3.05, 3.63) is 23.8 Å². The molecule has 1 rings (SSSR count). The van der Waals surface area contributed by atoms with Crippen LogP contribution in [-0.4, -0.2) is 38.6 Å². The lowest BCUT2D eigenvalue weighted by Gasteiger charge is -2.17. The molecule has 0 spiro atoms. The van der Waals surface area contributed by atoms with E-state index in [-0.39, 0.29) is 25.0 Å². The molecular weight excluding hydrogens is 270 g/mol. The zero-order valence-electron chi connectivity index (χ0n) is 13.0. The van der Waals surface area contributed by atoms with Crippen LogP contribution in [0.1, 0.15) is 30.6 Å². The number of ether oxygens (including phenoxy) is 1. The molecule has 0 saturated heterocycles. The van der Waals surface area contributed by atoms with Gasteiger partial charge in [0.15, 0.2) is 0 Å². The molecule has 116 valence electrons. The lowest BCUT2D eigenvalue weighted by atomic mass is 10.1. The predicted molar refractivity (Wildman–Crippen MR) is 83.4 cm³/mol. The van der Waals surface area contributed by atoms with Crippen LogP contribution in [0.15, 0.2) is 18.2 Å². The Hall–Kier alpha value is -2.24. The van der Waals surface area contributed by atoms with Gasteiger partial charge in [-0.25, -0.2) is 4.79 Å². The number of esters is 1. The van der Waals surface area contributed by atoms with Crippen LogP contribution in [0, 0.1) is 0 Å². The Kier molecular flexibility index (Phi) is 6.02. The minimum Gasteiger partial charge on any atom is -0.461 e. The van der Waals surface area contributed by atoms with Gasteiger partial charge in [-0.2, -0.15) is 0 Å². The first-order chi connectivity index (χ1) is 9.81. The van der Waals surface area contributed by atoms with E-state index in [0.29, 0.717) is 11.3 Å². The number of nitrogens with one attached hydrogen (secondary N) is 1. The molecule has 0 atom stereocenters. The van der Waals surface area contributed by atoms with Crippen molar-refractivity contribution in [3.8, 4) is 0 Å². The van der Waals surface area contributed by atoms with E-state index in [4.69, 9.17) is 10.5 Å². The Morgan fingerprint density at radius 2 is 2.00 bits per heavy atom. The molecule has 0 radical (unpaired) electrons. The molecule has 0 heterocycles. The second kappa shape index (κ2) is 7.52. The molecule has 0 unspecified atom stereocenters. The number of rotatable bonds is 6. The first-order valence-corrected chi connectivity index (χ1v) is 6.84. The van der Waals surface area contributed by atoms with Gasteiger partial charge in [0.05, 0.1) is 17.7 Å². The zero-order valence-corrected chi connectivity index (χ0v) is 13.0. The highest BCUT2D eigenvalue weighted by atomic mass is 16.5. The summed E-state index contributed by atoms with van der Waals surface area (Å²) in [7, 11) is 3.66. The van der Waals surface area contributed by atoms with Crippen LogP contribution in [0.5, 0.6) is 0 Å². The summed E-state index contributed by atoms with van der Waals surface area (Å²) in [6.07, 6.45) is 0.142. The maximum Gasteiger partial charge on any atom is 0.340 e. The number of nitrogens with two attached hydrogens (primary N) is 1. The number of carbonyl (C=O) groups is 2. The first-order valence-electron chi connectivity index (χ1n) is 6.84. The number of anilines is 2. The van der Waals surface area contributed by atoms with E-state index in [0.717, 1.165) is 5.69 Å². The van der Waals surface area contributed by atoms with E-state index in [1.807, 2.05) is 32.8 Å². The van der Waals surface area contributed by atoms with Crippen molar-refractivity contribution in [2.75, 3.05) is 31.3 Å². The fourth-order valence-electron chi connectivity index (χ4n) is 1.82. The van der Waals surface area contributed by atoms with Crippen LogP contribution in [0.4, 0.5) is 11.4 Å². The summed E-state index contributed by atoms with van der Waals surface area (Å²) < 4.78 is 5.14. The molecule has 3 N–H and O–H groups in total. The largest absolute Gasteiger partial charge is 0.461 e. The second-order valence-corrected chi connectivity index (χ2v) is 5.28. The molecule has 0 aliphatic carbocycles. The quantitative estimate of drug-likeness (QED) is 0.612. The number of hydrogen-bond acceptors (Lipinski definition) is 5. The average Bonchev–Trinajstić information content (AvgIpc) is 2.37. The summed E-state index contributed by atoms with van der Waals surface area (Å²) in [5.41, 5.74) is 7.31. The molecule has 0 aliphatic rings. The van der Waals surface area contributed by atoms with E-state index in [1.165, 1.54) is 0 Å². The Balaban J connectivity index is 2.64. The number of amides is 1. The average molecular weight is 293 g/mol. The molecule has 0 fully saturated rings. The van der Waals surface area contributed by atoms with Gasteiger partial charge in [0.2, 0.25) is 5.91 Å². The van der Waals surface area contributed by atoms with E-state index in [9.17, 15) is 9.59 Å². The summed E-state index contributed by atoms with van der Waals surface area (Å²) in [5.74, 6) is -0.624. The molecule has 6 heteroatoms. The molecule has 0 saturated carbocycles. The lowest BCUT2D eigenvalue weighted by molar-refractivity contribution is -0.122. The third-order valence-corrected chi connectivity index (χ3v) is 2.73. The van der Waals surface area contributed by atoms with Gasteiger partial charge < -0.3 is 20.7 Å². The van der Waals surface area contributed by atoms with Crippen molar-refractivity contribution in [3.63, 3.8) is 0 Å². The number of nitrogens with zero attached hydrogens (tertiary/aromatic N) is 1. The number of carbonyl (C=O) groups excluding carboxylic acids is 2. The van der Waals surface area contributed by atoms with Crippen LogP contribution in [0.25, 0.3) is 0 Å². The number of nitrogen functional groups attached to an aromatic ring is 1. The van der Waals surface area contributed by atoms with Gasteiger partial charge in [-0.15, -0.1) is 0 Å². The van der Waals surface area contributed by atoms with Crippen LogP contribution in [0.3, 0.4) is 0 Å². The lowest BCUT2D eigenvalue weighted by Crippen LogP contribution is -2.31. The summed E-state index contributed by atoms with van der Waals surface area (Å²) in [5, 5.41) is 2.74. The van der Waals surface area contributed by atoms with E-state index >= 15 is 0 Å². The summed E-state index contributed by atoms with van der Waals surface area (Å²) in [6, 6.07) is 5.13. The molecule has 1 amide bonds. The highest BCUT2D eigenvalue weighted by molar-refractivity contribution is 5.97. The zero-order chi connectivity index (χ0) is 16.0. The normalized spacial score (nSPS) is 10.3. The maximum atomic E-state index is 12.1. The maximum absolute atomic E-state index is 12.1. The molecule has 6 nitrogen and oxygen atoms in total. The highest BCUT2D eigenvalue weighted by Gasteiger charge is 2.15. The van der Waals surface area contributed by atoms with Gasteiger partial charge in [-0.1, -0.05) is 0 Å². The van der Waals surface area contributed by atoms with Crippen LogP contribution in [0.2, 0.25) is 0 Å². The van der Waals surface area contributed by atoms with Crippen molar-refractivity contribution in [1.29, 1.82) is 0 Å². The van der Waals surface area contributed by atoms with Gasteiger partial charge in [0, 0.05) is 25.8 Å². The first kappa shape index (κ1) is 16.8. The van der Waals surface area contributed by atoms with E-state index in [1.54, 1.807) is 18.2 Å². The Labute approximate surface area is 125 Å². The smallest absolute Gasteiger partial charge is 0.340 e. The van der Waals surface area contributed by atoms with Gasteiger partial charge in [-0.3, -0.25) is 4.79 Å². The van der Waals surface area contributed by atoms with E-state index in [2.05, 4.69) is 5.32 Å². The SMILES string of the molecule is CC(C)NC(=O)CCOC(=O)c1cc(N)ccc1N(C)C. The highest BCUT2D eigenvalue weighted by Crippen LogP contribution is 2.22. The summed E-state index contributed by atoms with van der Waals surface area (Å²) in [4.78, 5) is 25.4. The third-order valence-electron chi connectivity index (χ3n) is 2.73. The van der Waals surface area contributed by atoms with Gasteiger partial charge >= 0.3 is 5.97 Å². The van der Waals surface area contributed by atoms with Crippen LogP contribution in [-0.2, 0) is 9.53 Å². The predicted octanol–water partition coefficient (Wildman–Crippen LogP) is 1.41. The van der Waals surface area contributed by atoms with Crippen molar-refractivity contribution in [1.82, 2.24) is 5.32 Å². The monoisotopic (exact) mass is 293 g/mol. The van der Waals surface area contributed by atoms with Crippen molar-refractivity contribution >= 4 is 23.3 Å². The van der Waals surface area contributed by atoms with E-state index < -0.39 is 5.97 Å². The Bertz CT molecular complexity index is 513. The van der Waals surface area contributed by atoms with Gasteiger partial charge in [0.1, 0.15) is 6.61 Å². The standard InChI is InChI=1S/C15H23N3O3/c1-10(2)17-14(19)7-8-21-15(20)12-9-11(16)5-6-13(12)18(3)4/h5-6,9-10H,7-8,16H2,1-4H3,(H,17,19). The van der Waals surface area contributed by atoms with Crippen LogP contribution >= 0.6 is 0 Å². The molecule has 0 aliphatic heterocycles. The molecular formula is C15H23N3O3. The topological polar surface area (TPSA) is 84.7 Å². The fourth-order valence-corrected chi connectivity index (χ4v) is 1.82. The molecule has 1 aromatic rings. The van der Waals surface area contributed by atoms with Crippen molar-refractivity contribution in [2.24, 2.45) is 0 Å². The number of benzene rings is 1. The third kappa shape index (κ3) is 5.33. The second-order valence-electron chi connectivity index (χ2n) is 5.28. The van der Waals surface area contributed by atoms with Crippen LogP contribution < -0.4 is 16.0 Å². The number of hydrogen-bond donors (Lipinski definition) is 2. The minimum atomic E-state index is -0.483.